The zero-order valence-corrected chi connectivity index (χ0v) is 12.1. The number of phenolic OH excluding ortho intramolecular Hbond substituents is 1. The molecule has 2 N–H and O–H groups in total. The zero-order valence-electron chi connectivity index (χ0n) is 12.1. The molecule has 0 heterocycles. The van der Waals surface area contributed by atoms with Crippen LogP contribution in [0.3, 0.4) is 0 Å². The van der Waals surface area contributed by atoms with Crippen molar-refractivity contribution in [2.45, 2.75) is 32.6 Å². The van der Waals surface area contributed by atoms with Gasteiger partial charge in [-0.25, -0.2) is 0 Å². The Hall–Kier alpha value is -2.29. The van der Waals surface area contributed by atoms with Crippen LogP contribution in [0.25, 0.3) is 0 Å². The van der Waals surface area contributed by atoms with Crippen LogP contribution in [-0.4, -0.2) is 11.0 Å². The normalized spacial score (nSPS) is 13.6. The fraction of sp³-hybridized carbons (Fsp3) is 0.278. The first-order valence-corrected chi connectivity index (χ1v) is 7.36. The highest BCUT2D eigenvalue weighted by atomic mass is 16.3. The fourth-order valence-electron chi connectivity index (χ4n) is 2.82. The van der Waals surface area contributed by atoms with Crippen molar-refractivity contribution in [3.8, 4) is 5.75 Å². The van der Waals surface area contributed by atoms with Crippen LogP contribution >= 0.6 is 0 Å². The summed E-state index contributed by atoms with van der Waals surface area (Å²) >= 11 is 0. The maximum Gasteiger partial charge on any atom is 0.255 e. The average molecular weight is 281 g/mol. The van der Waals surface area contributed by atoms with Crippen molar-refractivity contribution >= 4 is 11.6 Å². The van der Waals surface area contributed by atoms with E-state index >= 15 is 0 Å². The number of carbonyl (C=O) groups is 1. The molecule has 1 amide bonds. The van der Waals surface area contributed by atoms with Gasteiger partial charge in [-0.3, -0.25) is 4.79 Å². The number of carbonyl (C=O) groups excluding carboxylic acids is 1. The number of aromatic hydroxyl groups is 1. The lowest BCUT2D eigenvalue weighted by molar-refractivity contribution is 0.102. The van der Waals surface area contributed by atoms with Crippen LogP contribution in [-0.2, 0) is 12.8 Å². The maximum atomic E-state index is 12.3. The van der Waals surface area contributed by atoms with Crippen LogP contribution in [0.5, 0.6) is 5.75 Å². The molecule has 2 aromatic rings. The highest BCUT2D eigenvalue weighted by molar-refractivity contribution is 6.05. The van der Waals surface area contributed by atoms with Gasteiger partial charge in [0.25, 0.3) is 5.91 Å². The summed E-state index contributed by atoms with van der Waals surface area (Å²) in [6.45, 7) is 1.92. The molecule has 0 saturated carbocycles. The van der Waals surface area contributed by atoms with Gasteiger partial charge in [-0.15, -0.1) is 0 Å². The van der Waals surface area contributed by atoms with Crippen LogP contribution in [0, 0.1) is 6.92 Å². The number of nitrogens with one attached hydrogen (secondary N) is 1. The van der Waals surface area contributed by atoms with Crippen molar-refractivity contribution in [2.24, 2.45) is 0 Å². The van der Waals surface area contributed by atoms with E-state index in [-0.39, 0.29) is 11.7 Å². The lowest BCUT2D eigenvalue weighted by Crippen LogP contribution is -2.13. The predicted molar refractivity (Wildman–Crippen MR) is 83.9 cm³/mol. The Labute approximate surface area is 124 Å². The van der Waals surface area contributed by atoms with Crippen LogP contribution in [0.4, 0.5) is 5.69 Å². The van der Waals surface area contributed by atoms with Gasteiger partial charge < -0.3 is 10.4 Å². The third kappa shape index (κ3) is 2.92. The molecule has 1 aliphatic rings. The van der Waals surface area contributed by atoms with Gasteiger partial charge in [0.1, 0.15) is 5.75 Å². The van der Waals surface area contributed by atoms with Gasteiger partial charge in [0.2, 0.25) is 0 Å². The largest absolute Gasteiger partial charge is 0.506 e. The molecule has 0 aliphatic heterocycles. The molecule has 0 saturated heterocycles. The highest BCUT2D eigenvalue weighted by Gasteiger charge is 2.14. The van der Waals surface area contributed by atoms with Crippen LogP contribution in [0.1, 0.15) is 39.9 Å². The Morgan fingerprint density at radius 3 is 2.62 bits per heavy atom. The number of hydrogen-bond donors (Lipinski definition) is 2. The molecule has 1 aliphatic carbocycles. The summed E-state index contributed by atoms with van der Waals surface area (Å²) in [5.74, 6) is -0.0869. The van der Waals surface area contributed by atoms with Crippen molar-refractivity contribution in [2.75, 3.05) is 5.32 Å². The van der Waals surface area contributed by atoms with E-state index in [1.54, 1.807) is 12.1 Å². The van der Waals surface area contributed by atoms with E-state index in [2.05, 4.69) is 11.4 Å². The minimum absolute atomic E-state index is 0.0897. The minimum atomic E-state index is -0.177. The SMILES string of the molecule is Cc1ccc(O)c(NC(=O)c2ccc3c(c2)CCCC3)c1. The first-order chi connectivity index (χ1) is 10.1. The molecule has 0 fully saturated rings. The molecule has 2 aromatic carbocycles. The van der Waals surface area contributed by atoms with E-state index in [0.29, 0.717) is 11.3 Å². The van der Waals surface area contributed by atoms with E-state index in [1.165, 1.54) is 24.0 Å². The van der Waals surface area contributed by atoms with Crippen LogP contribution < -0.4 is 5.32 Å². The van der Waals surface area contributed by atoms with Crippen molar-refractivity contribution in [3.63, 3.8) is 0 Å². The Bertz CT molecular complexity index is 692. The molecule has 0 spiro atoms. The Kier molecular flexibility index (Phi) is 3.65. The van der Waals surface area contributed by atoms with Gasteiger partial charge in [-0.05, 0) is 73.6 Å². The molecule has 0 unspecified atom stereocenters. The summed E-state index contributed by atoms with van der Waals surface area (Å²) in [4.78, 5) is 12.3. The number of benzene rings is 2. The smallest absolute Gasteiger partial charge is 0.255 e. The number of phenols is 1. The summed E-state index contributed by atoms with van der Waals surface area (Å²) in [6, 6.07) is 11.1. The van der Waals surface area contributed by atoms with Gasteiger partial charge in [0, 0.05) is 5.56 Å². The molecule has 0 aromatic heterocycles. The van der Waals surface area contributed by atoms with Crippen molar-refractivity contribution in [1.82, 2.24) is 0 Å². The van der Waals surface area contributed by atoms with Crippen molar-refractivity contribution in [1.29, 1.82) is 0 Å². The highest BCUT2D eigenvalue weighted by Crippen LogP contribution is 2.26. The molecule has 3 nitrogen and oxygen atoms in total. The number of hydrogen-bond acceptors (Lipinski definition) is 2. The van der Waals surface area contributed by atoms with Gasteiger partial charge in [-0.1, -0.05) is 12.1 Å². The maximum absolute atomic E-state index is 12.3. The Morgan fingerprint density at radius 1 is 1.05 bits per heavy atom. The van der Waals surface area contributed by atoms with Crippen molar-refractivity contribution in [3.05, 3.63) is 58.7 Å². The predicted octanol–water partition coefficient (Wildman–Crippen LogP) is 3.83. The third-order valence-corrected chi connectivity index (χ3v) is 4.01. The zero-order chi connectivity index (χ0) is 14.8. The monoisotopic (exact) mass is 281 g/mol. The lowest BCUT2D eigenvalue weighted by atomic mass is 9.90. The number of anilines is 1. The van der Waals surface area contributed by atoms with E-state index in [4.69, 9.17) is 0 Å². The second kappa shape index (κ2) is 5.60. The topological polar surface area (TPSA) is 49.3 Å². The molecule has 0 radical (unpaired) electrons. The first kappa shape index (κ1) is 13.7. The number of fused-ring (bicyclic) bond motifs is 1. The molecular weight excluding hydrogens is 262 g/mol. The van der Waals surface area contributed by atoms with E-state index in [9.17, 15) is 9.90 Å². The van der Waals surface area contributed by atoms with E-state index < -0.39 is 0 Å². The number of amides is 1. The molecule has 3 heteroatoms. The average Bonchev–Trinajstić information content (AvgIpc) is 2.50. The van der Waals surface area contributed by atoms with Crippen LogP contribution in [0.2, 0.25) is 0 Å². The van der Waals surface area contributed by atoms with Gasteiger partial charge in [-0.2, -0.15) is 0 Å². The standard InChI is InChI=1S/C18H19NO2/c1-12-6-9-17(20)16(10-12)19-18(21)15-8-7-13-4-2-3-5-14(13)11-15/h6-11,20H,2-5H2,1H3,(H,19,21). The molecular formula is C18H19NO2. The van der Waals surface area contributed by atoms with E-state index in [1.807, 2.05) is 25.1 Å². The van der Waals surface area contributed by atoms with Gasteiger partial charge >= 0.3 is 0 Å². The Balaban J connectivity index is 1.83. The minimum Gasteiger partial charge on any atom is -0.506 e. The second-order valence-corrected chi connectivity index (χ2v) is 5.67. The number of aryl methyl sites for hydroxylation is 3. The van der Waals surface area contributed by atoms with Gasteiger partial charge in [0.05, 0.1) is 5.69 Å². The van der Waals surface area contributed by atoms with Crippen molar-refractivity contribution < 1.29 is 9.90 Å². The fourth-order valence-corrected chi connectivity index (χ4v) is 2.82. The van der Waals surface area contributed by atoms with Gasteiger partial charge in [0.15, 0.2) is 0 Å². The third-order valence-electron chi connectivity index (χ3n) is 4.01. The molecule has 108 valence electrons. The summed E-state index contributed by atoms with van der Waals surface area (Å²) in [6.07, 6.45) is 4.58. The molecule has 0 bridgehead atoms. The van der Waals surface area contributed by atoms with E-state index in [0.717, 1.165) is 18.4 Å². The summed E-state index contributed by atoms with van der Waals surface area (Å²) in [5.41, 5.74) is 4.74. The lowest BCUT2D eigenvalue weighted by Gasteiger charge is -2.16. The number of rotatable bonds is 2. The molecule has 0 atom stereocenters. The summed E-state index contributed by atoms with van der Waals surface area (Å²) in [7, 11) is 0. The summed E-state index contributed by atoms with van der Waals surface area (Å²) < 4.78 is 0. The van der Waals surface area contributed by atoms with Crippen LogP contribution in [0.15, 0.2) is 36.4 Å². The molecule has 21 heavy (non-hydrogen) atoms. The molecule has 3 rings (SSSR count). The quantitative estimate of drug-likeness (QED) is 0.822. The first-order valence-electron chi connectivity index (χ1n) is 7.36. The Morgan fingerprint density at radius 2 is 1.81 bits per heavy atom. The second-order valence-electron chi connectivity index (χ2n) is 5.67. The summed E-state index contributed by atoms with van der Waals surface area (Å²) in [5, 5.41) is 12.6.